The van der Waals surface area contributed by atoms with Crippen LogP contribution in [0.3, 0.4) is 0 Å². The van der Waals surface area contributed by atoms with Crippen LogP contribution >= 0.6 is 0 Å². The van der Waals surface area contributed by atoms with Crippen molar-refractivity contribution in [2.45, 2.75) is 37.1 Å². The average Bonchev–Trinajstić information content (AvgIpc) is 3.37. The van der Waals surface area contributed by atoms with Gasteiger partial charge in [0, 0.05) is 12.7 Å². The van der Waals surface area contributed by atoms with Crippen molar-refractivity contribution in [2.75, 3.05) is 30.6 Å². The number of rotatable bonds is 8. The molecule has 160 valence electrons. The van der Waals surface area contributed by atoms with Crippen molar-refractivity contribution in [3.63, 3.8) is 0 Å². The summed E-state index contributed by atoms with van der Waals surface area (Å²) in [7, 11) is -3.38. The summed E-state index contributed by atoms with van der Waals surface area (Å²) in [5, 5.41) is 3.29. The number of nitrogens with zero attached hydrogens (tertiary/aromatic N) is 2. The molecule has 1 saturated heterocycles. The van der Waals surface area contributed by atoms with Gasteiger partial charge in [-0.1, -0.05) is 36.4 Å². The Morgan fingerprint density at radius 1 is 1.13 bits per heavy atom. The number of aromatic nitrogens is 1. The maximum absolute atomic E-state index is 13.3. The lowest BCUT2D eigenvalue weighted by Gasteiger charge is -2.27. The van der Waals surface area contributed by atoms with E-state index in [4.69, 9.17) is 0 Å². The molecular weight excluding hydrogens is 400 g/mol. The highest BCUT2D eigenvalue weighted by atomic mass is 32.2. The summed E-state index contributed by atoms with van der Waals surface area (Å²) in [6.45, 7) is 2.95. The molecule has 0 bridgehead atoms. The molecule has 2 N–H and O–H groups in total. The van der Waals surface area contributed by atoms with E-state index >= 15 is 0 Å². The van der Waals surface area contributed by atoms with Gasteiger partial charge in [-0.15, -0.1) is 0 Å². The molecule has 4 rings (SSSR count). The van der Waals surface area contributed by atoms with Gasteiger partial charge in [0.15, 0.2) is 0 Å². The highest BCUT2D eigenvalue weighted by molar-refractivity contribution is 7.92. The number of hydrogen-bond acceptors (Lipinski definition) is 5. The number of carbonyl (C=O) groups excluding carboxylic acids is 1. The van der Waals surface area contributed by atoms with Crippen molar-refractivity contribution in [1.29, 1.82) is 0 Å². The second-order valence-corrected chi connectivity index (χ2v) is 10.1. The molecule has 0 spiro atoms. The van der Waals surface area contributed by atoms with Crippen LogP contribution in [-0.4, -0.2) is 50.1 Å². The van der Waals surface area contributed by atoms with Crippen LogP contribution in [0.5, 0.6) is 0 Å². The highest BCUT2D eigenvalue weighted by Crippen LogP contribution is 2.48. The zero-order valence-electron chi connectivity index (χ0n) is 17.2. The van der Waals surface area contributed by atoms with E-state index in [9.17, 15) is 13.2 Å². The normalized spacial score (nSPS) is 19.2. The Labute approximate surface area is 177 Å². The smallest absolute Gasteiger partial charge is 0.231 e. The first-order chi connectivity index (χ1) is 14.4. The van der Waals surface area contributed by atoms with Crippen LogP contribution in [0.25, 0.3) is 0 Å². The minimum atomic E-state index is -3.38. The van der Waals surface area contributed by atoms with Gasteiger partial charge < -0.3 is 10.2 Å². The third kappa shape index (κ3) is 4.82. The number of anilines is 1. The molecule has 1 aliphatic carbocycles. The number of carbonyl (C=O) groups is 1. The first-order valence-electron chi connectivity index (χ1n) is 10.4. The SMILES string of the molecule is CS(=O)(=O)Nc1ccc(C2(C(=O)NC(CN3CCCC3)c3ccccc3)CC2)cn1. The quantitative estimate of drug-likeness (QED) is 0.674. The van der Waals surface area contributed by atoms with Crippen molar-refractivity contribution >= 4 is 21.7 Å². The van der Waals surface area contributed by atoms with E-state index in [2.05, 4.69) is 32.1 Å². The zero-order valence-corrected chi connectivity index (χ0v) is 18.0. The van der Waals surface area contributed by atoms with Crippen LogP contribution in [0.1, 0.15) is 42.9 Å². The standard InChI is InChI=1S/C22H28N4O3S/c1-30(28,29)25-20-10-9-18(15-23-20)22(11-12-22)21(27)24-19(16-26-13-5-6-14-26)17-7-3-2-4-8-17/h2-4,7-10,15,19H,5-6,11-14,16H2,1H3,(H,23,25)(H,24,27). The molecular formula is C22H28N4O3S. The summed E-state index contributed by atoms with van der Waals surface area (Å²) in [5.41, 5.74) is 1.36. The fraction of sp³-hybridized carbons (Fsp3) is 0.455. The van der Waals surface area contributed by atoms with Gasteiger partial charge in [0.25, 0.3) is 0 Å². The first kappa shape index (κ1) is 20.8. The highest BCUT2D eigenvalue weighted by Gasteiger charge is 2.52. The predicted molar refractivity (Wildman–Crippen MR) is 117 cm³/mol. The number of benzene rings is 1. The minimum absolute atomic E-state index is 0.0150. The van der Waals surface area contributed by atoms with Crippen molar-refractivity contribution in [2.24, 2.45) is 0 Å². The molecule has 1 amide bonds. The molecule has 8 heteroatoms. The van der Waals surface area contributed by atoms with Gasteiger partial charge in [0.05, 0.1) is 17.7 Å². The van der Waals surface area contributed by atoms with Crippen molar-refractivity contribution in [1.82, 2.24) is 15.2 Å². The fourth-order valence-corrected chi connectivity index (χ4v) is 4.64. The molecule has 2 fully saturated rings. The Morgan fingerprint density at radius 3 is 2.40 bits per heavy atom. The molecule has 2 aliphatic rings. The topological polar surface area (TPSA) is 91.4 Å². The summed E-state index contributed by atoms with van der Waals surface area (Å²) in [4.78, 5) is 19.9. The van der Waals surface area contributed by atoms with Gasteiger partial charge in [0.1, 0.15) is 5.82 Å². The van der Waals surface area contributed by atoms with Gasteiger partial charge in [-0.05, 0) is 56.0 Å². The summed E-state index contributed by atoms with van der Waals surface area (Å²) in [5.74, 6) is 0.273. The van der Waals surface area contributed by atoms with E-state index in [1.165, 1.54) is 12.8 Å². The number of nitrogens with one attached hydrogen (secondary N) is 2. The van der Waals surface area contributed by atoms with Crippen LogP contribution in [-0.2, 0) is 20.2 Å². The predicted octanol–water partition coefficient (Wildman–Crippen LogP) is 2.44. The summed E-state index contributed by atoms with van der Waals surface area (Å²) >= 11 is 0. The number of sulfonamides is 1. The van der Waals surface area contributed by atoms with E-state index in [1.807, 2.05) is 18.2 Å². The molecule has 1 aromatic carbocycles. The second kappa shape index (κ2) is 8.35. The lowest BCUT2D eigenvalue weighted by Crippen LogP contribution is -2.41. The fourth-order valence-electron chi connectivity index (χ4n) is 4.14. The first-order valence-corrected chi connectivity index (χ1v) is 12.3. The molecule has 2 heterocycles. The zero-order chi connectivity index (χ0) is 21.2. The number of amides is 1. The molecule has 2 aromatic rings. The van der Waals surface area contributed by atoms with Crippen molar-refractivity contribution in [3.8, 4) is 0 Å². The molecule has 1 aliphatic heterocycles. The van der Waals surface area contributed by atoms with Crippen LogP contribution in [0.15, 0.2) is 48.7 Å². The Bertz CT molecular complexity index is 983. The van der Waals surface area contributed by atoms with Gasteiger partial charge in [0.2, 0.25) is 15.9 Å². The van der Waals surface area contributed by atoms with Crippen LogP contribution in [0.4, 0.5) is 5.82 Å². The maximum atomic E-state index is 13.3. The van der Waals surface area contributed by atoms with E-state index in [-0.39, 0.29) is 17.8 Å². The van der Waals surface area contributed by atoms with Gasteiger partial charge in [-0.2, -0.15) is 0 Å². The second-order valence-electron chi connectivity index (χ2n) is 8.33. The monoisotopic (exact) mass is 428 g/mol. The largest absolute Gasteiger partial charge is 0.347 e. The van der Waals surface area contributed by atoms with Gasteiger partial charge in [-0.25, -0.2) is 13.4 Å². The number of likely N-dealkylation sites (tertiary alicyclic amines) is 1. The Kier molecular flexibility index (Phi) is 5.79. The number of hydrogen-bond donors (Lipinski definition) is 2. The minimum Gasteiger partial charge on any atom is -0.347 e. The van der Waals surface area contributed by atoms with E-state index in [0.29, 0.717) is 0 Å². The molecule has 1 atom stereocenters. The third-order valence-corrected chi connectivity index (χ3v) is 6.52. The Balaban J connectivity index is 1.50. The Hall–Kier alpha value is -2.45. The summed E-state index contributed by atoms with van der Waals surface area (Å²) in [6, 6.07) is 13.5. The molecule has 1 unspecified atom stereocenters. The van der Waals surface area contributed by atoms with E-state index in [1.54, 1.807) is 18.3 Å². The Morgan fingerprint density at radius 2 is 1.83 bits per heavy atom. The van der Waals surface area contributed by atoms with E-state index < -0.39 is 15.4 Å². The van der Waals surface area contributed by atoms with Crippen molar-refractivity contribution < 1.29 is 13.2 Å². The molecule has 1 aromatic heterocycles. The molecule has 7 nitrogen and oxygen atoms in total. The third-order valence-electron chi connectivity index (χ3n) is 5.94. The molecule has 0 radical (unpaired) electrons. The van der Waals surface area contributed by atoms with Crippen LogP contribution in [0.2, 0.25) is 0 Å². The van der Waals surface area contributed by atoms with Crippen molar-refractivity contribution in [3.05, 3.63) is 59.8 Å². The van der Waals surface area contributed by atoms with E-state index in [0.717, 1.165) is 49.9 Å². The summed E-state index contributed by atoms with van der Waals surface area (Å²) < 4.78 is 25.1. The van der Waals surface area contributed by atoms with Gasteiger partial charge in [-0.3, -0.25) is 9.52 Å². The lowest BCUT2D eigenvalue weighted by atomic mass is 9.95. The molecule has 1 saturated carbocycles. The lowest BCUT2D eigenvalue weighted by molar-refractivity contribution is -0.124. The van der Waals surface area contributed by atoms with Crippen LogP contribution < -0.4 is 10.0 Å². The summed E-state index contributed by atoms with van der Waals surface area (Å²) in [6.07, 6.45) is 6.65. The van der Waals surface area contributed by atoms with Gasteiger partial charge >= 0.3 is 0 Å². The van der Waals surface area contributed by atoms with Crippen LogP contribution in [0, 0.1) is 0 Å². The maximum Gasteiger partial charge on any atom is 0.231 e. The average molecular weight is 429 g/mol. The number of pyridine rings is 1. The molecule has 30 heavy (non-hydrogen) atoms.